The Morgan fingerprint density at radius 2 is 2.17 bits per heavy atom. The van der Waals surface area contributed by atoms with Crippen LogP contribution in [0.15, 0.2) is 23.8 Å². The summed E-state index contributed by atoms with van der Waals surface area (Å²) in [5.41, 5.74) is 1.73. The Kier molecular flexibility index (Phi) is 1.30. The van der Waals surface area contributed by atoms with Crippen LogP contribution in [-0.2, 0) is 0 Å². The SMILES string of the molecule is CCC1=CC2C3C=CC(C3)C2C1. The van der Waals surface area contributed by atoms with E-state index in [1.54, 1.807) is 5.57 Å². The van der Waals surface area contributed by atoms with Gasteiger partial charge < -0.3 is 0 Å². The summed E-state index contributed by atoms with van der Waals surface area (Å²) in [7, 11) is 0. The number of allylic oxidation sites excluding steroid dienone is 4. The van der Waals surface area contributed by atoms with Gasteiger partial charge in [0.25, 0.3) is 0 Å². The van der Waals surface area contributed by atoms with Crippen molar-refractivity contribution in [1.29, 1.82) is 0 Å². The molecular weight excluding hydrogens is 144 g/mol. The maximum Gasteiger partial charge on any atom is -0.0131 e. The van der Waals surface area contributed by atoms with Gasteiger partial charge in [-0.15, -0.1) is 0 Å². The highest BCUT2D eigenvalue weighted by Gasteiger charge is 2.45. The van der Waals surface area contributed by atoms with Gasteiger partial charge in [0.1, 0.15) is 0 Å². The van der Waals surface area contributed by atoms with E-state index in [2.05, 4.69) is 25.2 Å². The molecule has 4 atom stereocenters. The van der Waals surface area contributed by atoms with Crippen LogP contribution in [0.5, 0.6) is 0 Å². The Morgan fingerprint density at radius 1 is 1.33 bits per heavy atom. The van der Waals surface area contributed by atoms with Gasteiger partial charge in [0.15, 0.2) is 0 Å². The lowest BCUT2D eigenvalue weighted by molar-refractivity contribution is 0.394. The Balaban J connectivity index is 1.90. The predicted octanol–water partition coefficient (Wildman–Crippen LogP) is 3.16. The Bertz CT molecular complexity index is 259. The van der Waals surface area contributed by atoms with Crippen molar-refractivity contribution < 1.29 is 0 Å². The van der Waals surface area contributed by atoms with Crippen LogP contribution in [0.2, 0.25) is 0 Å². The minimum absolute atomic E-state index is 0.920. The Morgan fingerprint density at radius 3 is 2.92 bits per heavy atom. The highest BCUT2D eigenvalue weighted by molar-refractivity contribution is 5.26. The summed E-state index contributed by atoms with van der Waals surface area (Å²) in [5, 5.41) is 0. The third-order valence-corrected chi connectivity index (χ3v) is 4.07. The van der Waals surface area contributed by atoms with Crippen molar-refractivity contribution >= 4 is 0 Å². The molecule has 3 aliphatic rings. The van der Waals surface area contributed by atoms with Crippen molar-refractivity contribution in [3.63, 3.8) is 0 Å². The van der Waals surface area contributed by atoms with E-state index in [1.807, 2.05) is 0 Å². The van der Waals surface area contributed by atoms with E-state index in [4.69, 9.17) is 0 Å². The molecule has 0 amide bonds. The highest BCUT2D eigenvalue weighted by Crippen LogP contribution is 2.54. The lowest BCUT2D eigenvalue weighted by atomic mass is 9.85. The number of rotatable bonds is 1. The van der Waals surface area contributed by atoms with Gasteiger partial charge in [-0.1, -0.05) is 30.7 Å². The minimum Gasteiger partial charge on any atom is -0.0848 e. The predicted molar refractivity (Wildman–Crippen MR) is 50.7 cm³/mol. The van der Waals surface area contributed by atoms with E-state index in [1.165, 1.54) is 19.3 Å². The van der Waals surface area contributed by atoms with E-state index in [9.17, 15) is 0 Å². The molecule has 64 valence electrons. The van der Waals surface area contributed by atoms with Crippen LogP contribution in [0.1, 0.15) is 26.2 Å². The molecule has 3 aliphatic carbocycles. The number of fused-ring (bicyclic) bond motifs is 5. The molecule has 0 N–H and O–H groups in total. The van der Waals surface area contributed by atoms with Gasteiger partial charge in [0.2, 0.25) is 0 Å². The van der Waals surface area contributed by atoms with Crippen LogP contribution in [0.25, 0.3) is 0 Å². The first-order valence-corrected chi connectivity index (χ1v) is 5.26. The summed E-state index contributed by atoms with van der Waals surface area (Å²) in [5.74, 6) is 3.81. The molecule has 0 radical (unpaired) electrons. The second kappa shape index (κ2) is 2.25. The van der Waals surface area contributed by atoms with Gasteiger partial charge in [0, 0.05) is 0 Å². The van der Waals surface area contributed by atoms with Crippen LogP contribution in [0, 0.1) is 23.7 Å². The molecule has 0 aliphatic heterocycles. The van der Waals surface area contributed by atoms with Gasteiger partial charge >= 0.3 is 0 Å². The van der Waals surface area contributed by atoms with Crippen LogP contribution in [-0.4, -0.2) is 0 Å². The van der Waals surface area contributed by atoms with E-state index < -0.39 is 0 Å². The zero-order valence-corrected chi connectivity index (χ0v) is 7.66. The van der Waals surface area contributed by atoms with Gasteiger partial charge in [-0.25, -0.2) is 0 Å². The molecule has 0 nitrogen and oxygen atoms in total. The molecule has 1 fully saturated rings. The smallest absolute Gasteiger partial charge is 0.0131 e. The van der Waals surface area contributed by atoms with Crippen molar-refractivity contribution in [1.82, 2.24) is 0 Å². The third-order valence-electron chi connectivity index (χ3n) is 4.07. The highest BCUT2D eigenvalue weighted by atomic mass is 14.5. The average molecular weight is 160 g/mol. The topological polar surface area (TPSA) is 0 Å². The summed E-state index contributed by atoms with van der Waals surface area (Å²) in [6.07, 6.45) is 11.7. The molecule has 0 heteroatoms. The number of hydrogen-bond acceptors (Lipinski definition) is 0. The van der Waals surface area contributed by atoms with Crippen LogP contribution in [0.3, 0.4) is 0 Å². The standard InChI is InChI=1S/C12H16/c1-2-8-5-11-9-3-4-10(7-9)12(11)6-8/h3-5,9-12H,2,6-7H2,1H3. The fourth-order valence-electron chi connectivity index (χ4n) is 3.40. The molecule has 0 spiro atoms. The summed E-state index contributed by atoms with van der Waals surface area (Å²) >= 11 is 0. The monoisotopic (exact) mass is 160 g/mol. The Hall–Kier alpha value is -0.520. The molecule has 4 unspecified atom stereocenters. The quantitative estimate of drug-likeness (QED) is 0.517. The normalized spacial score (nSPS) is 48.2. The largest absolute Gasteiger partial charge is 0.0848 e. The molecule has 2 bridgehead atoms. The van der Waals surface area contributed by atoms with E-state index in [0.29, 0.717) is 0 Å². The van der Waals surface area contributed by atoms with Crippen molar-refractivity contribution in [3.8, 4) is 0 Å². The van der Waals surface area contributed by atoms with Crippen molar-refractivity contribution in [2.24, 2.45) is 23.7 Å². The third kappa shape index (κ3) is 0.734. The van der Waals surface area contributed by atoms with Crippen molar-refractivity contribution in [3.05, 3.63) is 23.8 Å². The molecule has 0 saturated heterocycles. The summed E-state index contributed by atoms with van der Waals surface area (Å²) < 4.78 is 0. The number of hydrogen-bond donors (Lipinski definition) is 0. The molecule has 1 saturated carbocycles. The molecule has 0 heterocycles. The van der Waals surface area contributed by atoms with Gasteiger partial charge in [-0.3, -0.25) is 0 Å². The second-order valence-corrected chi connectivity index (χ2v) is 4.57. The first-order chi connectivity index (χ1) is 5.88. The maximum absolute atomic E-state index is 2.58. The average Bonchev–Trinajstić information content (AvgIpc) is 2.75. The second-order valence-electron chi connectivity index (χ2n) is 4.57. The van der Waals surface area contributed by atoms with Gasteiger partial charge in [-0.05, 0) is 42.9 Å². The molecule has 3 rings (SSSR count). The van der Waals surface area contributed by atoms with Crippen LogP contribution >= 0.6 is 0 Å². The fraction of sp³-hybridized carbons (Fsp3) is 0.667. The maximum atomic E-state index is 2.58. The molecule has 12 heavy (non-hydrogen) atoms. The Labute approximate surface area is 74.4 Å². The minimum atomic E-state index is 0.920. The van der Waals surface area contributed by atoms with Crippen molar-refractivity contribution in [2.75, 3.05) is 0 Å². The summed E-state index contributed by atoms with van der Waals surface area (Å²) in [6, 6.07) is 0. The van der Waals surface area contributed by atoms with Crippen molar-refractivity contribution in [2.45, 2.75) is 26.2 Å². The lowest BCUT2D eigenvalue weighted by Crippen LogP contribution is -2.12. The molecular formula is C12H16. The van der Waals surface area contributed by atoms with Gasteiger partial charge in [-0.2, -0.15) is 0 Å². The van der Waals surface area contributed by atoms with E-state index in [0.717, 1.165) is 23.7 Å². The van der Waals surface area contributed by atoms with E-state index in [-0.39, 0.29) is 0 Å². The molecule has 0 aromatic carbocycles. The lowest BCUT2D eigenvalue weighted by Gasteiger charge is -2.19. The van der Waals surface area contributed by atoms with Gasteiger partial charge in [0.05, 0.1) is 0 Å². The van der Waals surface area contributed by atoms with Crippen LogP contribution in [0.4, 0.5) is 0 Å². The summed E-state index contributed by atoms with van der Waals surface area (Å²) in [4.78, 5) is 0. The summed E-state index contributed by atoms with van der Waals surface area (Å²) in [6.45, 7) is 2.29. The molecule has 0 aromatic rings. The first-order valence-electron chi connectivity index (χ1n) is 5.26. The zero-order valence-electron chi connectivity index (χ0n) is 7.66. The fourth-order valence-corrected chi connectivity index (χ4v) is 3.40. The van der Waals surface area contributed by atoms with Crippen LogP contribution < -0.4 is 0 Å². The van der Waals surface area contributed by atoms with E-state index >= 15 is 0 Å². The molecule has 0 aromatic heterocycles. The first kappa shape index (κ1) is 6.94. The zero-order chi connectivity index (χ0) is 8.13.